The quantitative estimate of drug-likeness (QED) is 0.670. The summed E-state index contributed by atoms with van der Waals surface area (Å²) in [5, 5.41) is 14.9. The molecule has 0 radical (unpaired) electrons. The molecule has 0 bridgehead atoms. The first kappa shape index (κ1) is 19.5. The van der Waals surface area contributed by atoms with Gasteiger partial charge in [-0.1, -0.05) is 17.7 Å². The maximum atomic E-state index is 13.4. The number of fused-ring (bicyclic) bond motifs is 1. The van der Waals surface area contributed by atoms with E-state index >= 15 is 0 Å². The van der Waals surface area contributed by atoms with Gasteiger partial charge in [0.25, 0.3) is 0 Å². The van der Waals surface area contributed by atoms with Gasteiger partial charge < -0.3 is 10.4 Å². The molecule has 0 saturated carbocycles. The van der Waals surface area contributed by atoms with E-state index in [2.05, 4.69) is 15.3 Å². The third-order valence-electron chi connectivity index (χ3n) is 5.06. The van der Waals surface area contributed by atoms with Crippen molar-refractivity contribution in [3.05, 3.63) is 65.1 Å². The van der Waals surface area contributed by atoms with E-state index in [1.807, 2.05) is 0 Å². The topological polar surface area (TPSA) is 78.4 Å². The van der Waals surface area contributed by atoms with E-state index in [0.29, 0.717) is 40.0 Å². The number of carbonyl (C=O) groups is 1. The largest absolute Gasteiger partial charge is 0.505 e. The Kier molecular flexibility index (Phi) is 5.60. The van der Waals surface area contributed by atoms with Crippen molar-refractivity contribution in [2.45, 2.75) is 18.6 Å². The van der Waals surface area contributed by atoms with E-state index in [-0.39, 0.29) is 24.7 Å². The van der Waals surface area contributed by atoms with Crippen LogP contribution in [0.4, 0.5) is 4.39 Å². The number of halogens is 2. The molecule has 0 spiro atoms. The summed E-state index contributed by atoms with van der Waals surface area (Å²) < 4.78 is 13.4. The molecule has 1 fully saturated rings. The summed E-state index contributed by atoms with van der Waals surface area (Å²) in [6.45, 7) is 0.878. The first-order chi connectivity index (χ1) is 14.0. The number of rotatable bonds is 5. The number of aromatic hydroxyl groups is 1. The van der Waals surface area contributed by atoms with Crippen LogP contribution in [0.25, 0.3) is 10.9 Å². The Morgan fingerprint density at radius 1 is 1.38 bits per heavy atom. The van der Waals surface area contributed by atoms with Gasteiger partial charge in [-0.2, -0.15) is 0 Å². The number of phenolic OH excluding ortho intramolecular Hbond substituents is 1. The van der Waals surface area contributed by atoms with Crippen LogP contribution in [0.2, 0.25) is 5.02 Å². The van der Waals surface area contributed by atoms with Crippen LogP contribution in [0.5, 0.6) is 5.75 Å². The second-order valence-electron chi connectivity index (χ2n) is 7.10. The zero-order chi connectivity index (χ0) is 20.4. The van der Waals surface area contributed by atoms with Crippen LogP contribution in [0, 0.1) is 0 Å². The molecule has 3 aromatic rings. The SMILES string of the molecule is O=C(CN1CCC(F)C1)NC(c1cccnc1)c1cc(Cl)c2cccnc2c1O. The number of pyridine rings is 2. The summed E-state index contributed by atoms with van der Waals surface area (Å²) in [6.07, 6.45) is 4.36. The van der Waals surface area contributed by atoms with Crippen molar-refractivity contribution in [3.8, 4) is 5.75 Å². The lowest BCUT2D eigenvalue weighted by Crippen LogP contribution is -2.38. The van der Waals surface area contributed by atoms with Crippen LogP contribution in [-0.2, 0) is 4.79 Å². The smallest absolute Gasteiger partial charge is 0.234 e. The van der Waals surface area contributed by atoms with E-state index in [4.69, 9.17) is 11.6 Å². The summed E-state index contributed by atoms with van der Waals surface area (Å²) in [5.41, 5.74) is 1.47. The van der Waals surface area contributed by atoms with Crippen molar-refractivity contribution in [1.82, 2.24) is 20.2 Å². The molecule has 1 aliphatic heterocycles. The molecule has 8 heteroatoms. The highest BCUT2D eigenvalue weighted by Crippen LogP contribution is 2.38. The number of hydrogen-bond acceptors (Lipinski definition) is 5. The van der Waals surface area contributed by atoms with Crippen LogP contribution in [0.1, 0.15) is 23.6 Å². The molecule has 1 saturated heterocycles. The standard InChI is InChI=1S/C21H20ClFN4O2/c22-17-9-16(21(29)20-15(17)4-2-7-25-20)19(13-3-1-6-24-10-13)26-18(28)12-27-8-5-14(23)11-27/h1-4,6-7,9-10,14,19,29H,5,8,11-12H2,(H,26,28). The summed E-state index contributed by atoms with van der Waals surface area (Å²) in [6, 6.07) is 8.02. The minimum Gasteiger partial charge on any atom is -0.505 e. The first-order valence-electron chi connectivity index (χ1n) is 9.34. The molecule has 2 N–H and O–H groups in total. The van der Waals surface area contributed by atoms with Gasteiger partial charge in [0.15, 0.2) is 0 Å². The highest BCUT2D eigenvalue weighted by Gasteiger charge is 2.27. The second kappa shape index (κ2) is 8.31. The Morgan fingerprint density at radius 2 is 2.21 bits per heavy atom. The number of aromatic nitrogens is 2. The van der Waals surface area contributed by atoms with E-state index in [9.17, 15) is 14.3 Å². The number of amides is 1. The lowest BCUT2D eigenvalue weighted by Gasteiger charge is -2.23. The number of phenols is 1. The highest BCUT2D eigenvalue weighted by atomic mass is 35.5. The molecule has 29 heavy (non-hydrogen) atoms. The summed E-state index contributed by atoms with van der Waals surface area (Å²) in [7, 11) is 0. The number of alkyl halides is 1. The fraction of sp³-hybridized carbons (Fsp3) is 0.286. The Labute approximate surface area is 172 Å². The van der Waals surface area contributed by atoms with Crippen LogP contribution >= 0.6 is 11.6 Å². The Hall–Kier alpha value is -2.77. The molecule has 150 valence electrons. The van der Waals surface area contributed by atoms with Crippen molar-refractivity contribution in [3.63, 3.8) is 0 Å². The zero-order valence-corrected chi connectivity index (χ0v) is 16.3. The average molecular weight is 415 g/mol. The van der Waals surface area contributed by atoms with Crippen molar-refractivity contribution >= 4 is 28.4 Å². The first-order valence-corrected chi connectivity index (χ1v) is 9.72. The van der Waals surface area contributed by atoms with E-state index in [1.54, 1.807) is 53.8 Å². The van der Waals surface area contributed by atoms with E-state index < -0.39 is 12.2 Å². The number of hydrogen-bond donors (Lipinski definition) is 2. The Morgan fingerprint density at radius 3 is 2.93 bits per heavy atom. The predicted octanol–water partition coefficient (Wildman–Crippen LogP) is 3.24. The van der Waals surface area contributed by atoms with Gasteiger partial charge in [0, 0.05) is 42.6 Å². The van der Waals surface area contributed by atoms with Gasteiger partial charge in [0.2, 0.25) is 5.91 Å². The number of carbonyl (C=O) groups excluding carboxylic acids is 1. The molecule has 2 unspecified atom stereocenters. The summed E-state index contributed by atoms with van der Waals surface area (Å²) >= 11 is 6.43. The van der Waals surface area contributed by atoms with Gasteiger partial charge in [-0.05, 0) is 36.2 Å². The number of nitrogens with zero attached hydrogens (tertiary/aromatic N) is 3. The van der Waals surface area contributed by atoms with Gasteiger partial charge in [0.1, 0.15) is 17.4 Å². The molecule has 1 aliphatic rings. The van der Waals surface area contributed by atoms with Crippen LogP contribution < -0.4 is 5.32 Å². The second-order valence-corrected chi connectivity index (χ2v) is 7.51. The number of likely N-dealkylation sites (tertiary alicyclic amines) is 1. The lowest BCUT2D eigenvalue weighted by molar-refractivity contribution is -0.122. The molecular weight excluding hydrogens is 395 g/mol. The fourth-order valence-corrected chi connectivity index (χ4v) is 3.92. The molecule has 2 atom stereocenters. The van der Waals surface area contributed by atoms with Crippen LogP contribution in [0.15, 0.2) is 48.9 Å². The molecule has 4 rings (SSSR count). The molecule has 3 heterocycles. The van der Waals surface area contributed by atoms with Crippen LogP contribution in [0.3, 0.4) is 0 Å². The molecule has 6 nitrogen and oxygen atoms in total. The van der Waals surface area contributed by atoms with Crippen molar-refractivity contribution in [1.29, 1.82) is 0 Å². The van der Waals surface area contributed by atoms with Gasteiger partial charge in [-0.25, -0.2) is 4.39 Å². The van der Waals surface area contributed by atoms with Crippen molar-refractivity contribution < 1.29 is 14.3 Å². The van der Waals surface area contributed by atoms with Crippen LogP contribution in [-0.4, -0.2) is 51.7 Å². The Bertz CT molecular complexity index is 1030. The third-order valence-corrected chi connectivity index (χ3v) is 5.37. The maximum absolute atomic E-state index is 13.4. The lowest BCUT2D eigenvalue weighted by atomic mass is 9.97. The minimum absolute atomic E-state index is 0.0517. The molecule has 1 amide bonds. The van der Waals surface area contributed by atoms with Crippen molar-refractivity contribution in [2.75, 3.05) is 19.6 Å². The van der Waals surface area contributed by atoms with Gasteiger partial charge in [-0.15, -0.1) is 0 Å². The zero-order valence-electron chi connectivity index (χ0n) is 15.6. The maximum Gasteiger partial charge on any atom is 0.234 e. The molecular formula is C21H20ClFN4O2. The summed E-state index contributed by atoms with van der Waals surface area (Å²) in [5.74, 6) is -0.325. The van der Waals surface area contributed by atoms with Crippen molar-refractivity contribution in [2.24, 2.45) is 0 Å². The number of nitrogens with one attached hydrogen (secondary N) is 1. The minimum atomic E-state index is -0.897. The van der Waals surface area contributed by atoms with E-state index in [1.165, 1.54) is 0 Å². The number of benzene rings is 1. The Balaban J connectivity index is 1.69. The van der Waals surface area contributed by atoms with E-state index in [0.717, 1.165) is 0 Å². The molecule has 2 aromatic heterocycles. The molecule has 1 aromatic carbocycles. The van der Waals surface area contributed by atoms with Gasteiger partial charge >= 0.3 is 0 Å². The highest BCUT2D eigenvalue weighted by molar-refractivity contribution is 6.35. The fourth-order valence-electron chi connectivity index (χ4n) is 3.65. The summed E-state index contributed by atoms with van der Waals surface area (Å²) in [4.78, 5) is 22.8. The van der Waals surface area contributed by atoms with Gasteiger partial charge in [0.05, 0.1) is 17.6 Å². The predicted molar refractivity (Wildman–Crippen MR) is 109 cm³/mol. The normalized spacial score (nSPS) is 18.1. The van der Waals surface area contributed by atoms with Gasteiger partial charge in [-0.3, -0.25) is 19.7 Å². The average Bonchev–Trinajstić information content (AvgIpc) is 3.14. The monoisotopic (exact) mass is 414 g/mol. The third kappa shape index (κ3) is 4.16. The molecule has 0 aliphatic carbocycles.